The number of carbonyl (C=O) groups excluding carboxylic acids is 1. The fourth-order valence-corrected chi connectivity index (χ4v) is 5.28. The first kappa shape index (κ1) is 16.3. The van der Waals surface area contributed by atoms with Crippen molar-refractivity contribution in [3.63, 3.8) is 0 Å². The second kappa shape index (κ2) is 6.15. The third-order valence-electron chi connectivity index (χ3n) is 4.66. The zero-order valence-electron chi connectivity index (χ0n) is 13.7. The number of likely N-dealkylation sites (tertiary alicyclic amines) is 1. The van der Waals surface area contributed by atoms with Crippen LogP contribution in [0.25, 0.3) is 0 Å². The Morgan fingerprint density at radius 1 is 1.09 bits per heavy atom. The molecule has 0 saturated carbocycles. The summed E-state index contributed by atoms with van der Waals surface area (Å²) in [7, 11) is -3.17. The number of carbonyl (C=O) groups is 1. The summed E-state index contributed by atoms with van der Waals surface area (Å²) in [6, 6.07) is 6.98. The van der Waals surface area contributed by atoms with Gasteiger partial charge in [0.2, 0.25) is 10.0 Å². The van der Waals surface area contributed by atoms with Crippen molar-refractivity contribution in [3.05, 3.63) is 29.8 Å². The van der Waals surface area contributed by atoms with Crippen molar-refractivity contribution in [1.29, 1.82) is 0 Å². The zero-order chi connectivity index (χ0) is 16.6. The van der Waals surface area contributed by atoms with E-state index in [1.165, 1.54) is 4.31 Å². The van der Waals surface area contributed by atoms with E-state index in [2.05, 4.69) is 13.8 Å². The molecule has 2 fully saturated rings. The average Bonchev–Trinajstić information content (AvgIpc) is 2.85. The molecule has 6 heteroatoms. The van der Waals surface area contributed by atoms with Gasteiger partial charge in [0, 0.05) is 25.2 Å². The van der Waals surface area contributed by atoms with Crippen molar-refractivity contribution in [2.24, 2.45) is 11.8 Å². The molecular formula is C17H24N2O3S. The minimum Gasteiger partial charge on any atom is -0.338 e. The highest BCUT2D eigenvalue weighted by atomic mass is 32.2. The van der Waals surface area contributed by atoms with Gasteiger partial charge in [0.25, 0.3) is 5.91 Å². The molecule has 126 valence electrons. The molecule has 1 amide bonds. The summed E-state index contributed by atoms with van der Waals surface area (Å²) in [5.74, 6) is 1.30. The number of hydrogen-bond acceptors (Lipinski definition) is 3. The average molecular weight is 336 g/mol. The van der Waals surface area contributed by atoms with Crippen LogP contribution in [0.3, 0.4) is 0 Å². The summed E-state index contributed by atoms with van der Waals surface area (Å²) in [5, 5.41) is 0. The Morgan fingerprint density at radius 3 is 2.22 bits per heavy atom. The molecule has 1 aromatic rings. The molecule has 0 aromatic heterocycles. The van der Waals surface area contributed by atoms with Gasteiger partial charge in [-0.1, -0.05) is 13.8 Å². The number of amides is 1. The lowest BCUT2D eigenvalue weighted by Gasteiger charge is -2.35. The Kier molecular flexibility index (Phi) is 4.36. The van der Waals surface area contributed by atoms with Gasteiger partial charge >= 0.3 is 0 Å². The first-order valence-corrected chi connectivity index (χ1v) is 9.87. The van der Waals surface area contributed by atoms with E-state index in [1.807, 2.05) is 4.90 Å². The fraction of sp³-hybridized carbons (Fsp3) is 0.588. The molecule has 23 heavy (non-hydrogen) atoms. The third kappa shape index (κ3) is 3.37. The van der Waals surface area contributed by atoms with Crippen LogP contribution < -0.4 is 4.31 Å². The summed E-state index contributed by atoms with van der Waals surface area (Å²) in [4.78, 5) is 14.6. The van der Waals surface area contributed by atoms with Crippen molar-refractivity contribution in [1.82, 2.24) is 4.90 Å². The highest BCUT2D eigenvalue weighted by Gasteiger charge is 2.29. The van der Waals surface area contributed by atoms with Crippen molar-refractivity contribution in [2.75, 3.05) is 29.7 Å². The molecule has 2 unspecified atom stereocenters. The SMILES string of the molecule is CC1CC(C)CN(C(=O)c2ccc(N3CCCS3(=O)=O)cc2)C1. The standard InChI is InChI=1S/C17H24N2O3S/c1-13-10-14(2)12-18(11-13)17(20)15-4-6-16(7-5-15)19-8-3-9-23(19,21)22/h4-7,13-14H,3,8-12H2,1-2H3. The van der Waals surface area contributed by atoms with E-state index in [1.54, 1.807) is 24.3 Å². The maximum Gasteiger partial charge on any atom is 0.253 e. The second-order valence-corrected chi connectivity index (χ2v) is 8.96. The monoisotopic (exact) mass is 336 g/mol. The summed E-state index contributed by atoms with van der Waals surface area (Å²) >= 11 is 0. The molecule has 0 aliphatic carbocycles. The summed E-state index contributed by atoms with van der Waals surface area (Å²) in [5.41, 5.74) is 1.28. The second-order valence-electron chi connectivity index (χ2n) is 6.94. The largest absolute Gasteiger partial charge is 0.338 e. The van der Waals surface area contributed by atoms with Crippen LogP contribution in [0.2, 0.25) is 0 Å². The van der Waals surface area contributed by atoms with Crippen molar-refractivity contribution < 1.29 is 13.2 Å². The topological polar surface area (TPSA) is 57.7 Å². The Hall–Kier alpha value is -1.56. The van der Waals surface area contributed by atoms with E-state index in [0.29, 0.717) is 36.1 Å². The lowest BCUT2D eigenvalue weighted by Crippen LogP contribution is -2.42. The molecule has 2 saturated heterocycles. The molecule has 2 atom stereocenters. The minimum atomic E-state index is -3.17. The highest BCUT2D eigenvalue weighted by molar-refractivity contribution is 7.93. The Morgan fingerprint density at radius 2 is 1.70 bits per heavy atom. The first-order valence-electron chi connectivity index (χ1n) is 8.26. The number of sulfonamides is 1. The van der Waals surface area contributed by atoms with Crippen LogP contribution in [0.1, 0.15) is 37.0 Å². The van der Waals surface area contributed by atoms with Gasteiger partial charge in [-0.05, 0) is 48.9 Å². The van der Waals surface area contributed by atoms with Gasteiger partial charge < -0.3 is 4.90 Å². The highest BCUT2D eigenvalue weighted by Crippen LogP contribution is 2.26. The maximum absolute atomic E-state index is 12.6. The number of benzene rings is 1. The van der Waals surface area contributed by atoms with Crippen molar-refractivity contribution >= 4 is 21.6 Å². The molecule has 0 bridgehead atoms. The predicted octanol–water partition coefficient (Wildman–Crippen LogP) is 2.34. The van der Waals surface area contributed by atoms with Crippen LogP contribution in [0.4, 0.5) is 5.69 Å². The Balaban J connectivity index is 1.75. The van der Waals surface area contributed by atoms with E-state index in [-0.39, 0.29) is 11.7 Å². The summed E-state index contributed by atoms with van der Waals surface area (Å²) in [6.45, 7) is 6.47. The molecule has 2 aliphatic rings. The molecule has 2 heterocycles. The van der Waals surface area contributed by atoms with E-state index < -0.39 is 10.0 Å². The fourth-order valence-electron chi connectivity index (χ4n) is 3.71. The molecule has 0 N–H and O–H groups in total. The van der Waals surface area contributed by atoms with Crippen LogP contribution >= 0.6 is 0 Å². The lowest BCUT2D eigenvalue weighted by atomic mass is 9.91. The molecule has 0 spiro atoms. The van der Waals surface area contributed by atoms with Gasteiger partial charge in [-0.2, -0.15) is 0 Å². The number of hydrogen-bond donors (Lipinski definition) is 0. The van der Waals surface area contributed by atoms with E-state index in [4.69, 9.17) is 0 Å². The first-order chi connectivity index (χ1) is 10.9. The summed E-state index contributed by atoms with van der Waals surface area (Å²) in [6.07, 6.45) is 1.82. The van der Waals surface area contributed by atoms with Gasteiger partial charge in [0.1, 0.15) is 0 Å². The predicted molar refractivity (Wildman–Crippen MR) is 91.0 cm³/mol. The number of piperidine rings is 1. The molecule has 3 rings (SSSR count). The molecule has 5 nitrogen and oxygen atoms in total. The Bertz CT molecular complexity index is 674. The van der Waals surface area contributed by atoms with E-state index >= 15 is 0 Å². The van der Waals surface area contributed by atoms with Gasteiger partial charge in [0.05, 0.1) is 11.4 Å². The number of nitrogens with zero attached hydrogens (tertiary/aromatic N) is 2. The lowest BCUT2D eigenvalue weighted by molar-refractivity contribution is 0.0623. The quantitative estimate of drug-likeness (QED) is 0.833. The number of anilines is 1. The van der Waals surface area contributed by atoms with Gasteiger partial charge in [-0.3, -0.25) is 9.10 Å². The van der Waals surface area contributed by atoms with Gasteiger partial charge in [-0.15, -0.1) is 0 Å². The van der Waals surface area contributed by atoms with Crippen molar-refractivity contribution in [2.45, 2.75) is 26.7 Å². The smallest absolute Gasteiger partial charge is 0.253 e. The van der Waals surface area contributed by atoms with Crippen LogP contribution in [0.5, 0.6) is 0 Å². The number of rotatable bonds is 2. The van der Waals surface area contributed by atoms with Gasteiger partial charge in [0.15, 0.2) is 0 Å². The molecular weight excluding hydrogens is 312 g/mol. The van der Waals surface area contributed by atoms with Crippen LogP contribution in [0.15, 0.2) is 24.3 Å². The molecule has 1 aromatic carbocycles. The zero-order valence-corrected chi connectivity index (χ0v) is 14.6. The normalized spacial score (nSPS) is 27.2. The van der Waals surface area contributed by atoms with Crippen LogP contribution in [-0.2, 0) is 10.0 Å². The van der Waals surface area contributed by atoms with Crippen LogP contribution in [-0.4, -0.2) is 44.6 Å². The third-order valence-corrected chi connectivity index (χ3v) is 6.53. The van der Waals surface area contributed by atoms with E-state index in [0.717, 1.165) is 19.5 Å². The van der Waals surface area contributed by atoms with E-state index in [9.17, 15) is 13.2 Å². The molecule has 0 radical (unpaired) electrons. The van der Waals surface area contributed by atoms with Crippen LogP contribution in [0, 0.1) is 11.8 Å². The molecule has 2 aliphatic heterocycles. The summed E-state index contributed by atoms with van der Waals surface area (Å²) < 4.78 is 25.3. The van der Waals surface area contributed by atoms with Crippen molar-refractivity contribution in [3.8, 4) is 0 Å². The van der Waals surface area contributed by atoms with Gasteiger partial charge in [-0.25, -0.2) is 8.42 Å². The minimum absolute atomic E-state index is 0.0410. The Labute approximate surface area is 138 Å². The maximum atomic E-state index is 12.6.